The molecule has 0 unspecified atom stereocenters. The number of halogens is 2. The predicted molar refractivity (Wildman–Crippen MR) is 77.2 cm³/mol. The number of rotatable bonds is 4. The zero-order valence-corrected chi connectivity index (χ0v) is 12.7. The van der Waals surface area contributed by atoms with Gasteiger partial charge in [0.1, 0.15) is 0 Å². The van der Waals surface area contributed by atoms with Gasteiger partial charge in [-0.05, 0) is 30.5 Å². The SMILES string of the molecule is O=C(O)c1nnn(Cc2ccc(Br)cc2Cl)c1C1CC1. The highest BCUT2D eigenvalue weighted by Gasteiger charge is 2.33. The molecule has 5 nitrogen and oxygen atoms in total. The molecule has 20 heavy (non-hydrogen) atoms. The molecule has 0 saturated heterocycles. The average molecular weight is 357 g/mol. The summed E-state index contributed by atoms with van der Waals surface area (Å²) >= 11 is 9.54. The van der Waals surface area contributed by atoms with Crippen LogP contribution in [0.15, 0.2) is 22.7 Å². The summed E-state index contributed by atoms with van der Waals surface area (Å²) in [5.74, 6) is -0.773. The molecule has 1 aromatic carbocycles. The first-order valence-corrected chi connectivity index (χ1v) is 7.34. The largest absolute Gasteiger partial charge is 0.476 e. The van der Waals surface area contributed by atoms with E-state index in [0.717, 1.165) is 22.9 Å². The number of hydrogen-bond donors (Lipinski definition) is 1. The van der Waals surface area contributed by atoms with Gasteiger partial charge in [-0.25, -0.2) is 9.48 Å². The Morgan fingerprint density at radius 1 is 1.50 bits per heavy atom. The van der Waals surface area contributed by atoms with Gasteiger partial charge >= 0.3 is 5.97 Å². The lowest BCUT2D eigenvalue weighted by atomic mass is 10.2. The van der Waals surface area contributed by atoms with Crippen LogP contribution in [0.25, 0.3) is 0 Å². The van der Waals surface area contributed by atoms with E-state index in [-0.39, 0.29) is 11.6 Å². The van der Waals surface area contributed by atoms with Crippen molar-refractivity contribution in [1.29, 1.82) is 0 Å². The molecular formula is C13H11BrClN3O2. The van der Waals surface area contributed by atoms with E-state index in [4.69, 9.17) is 16.7 Å². The number of carboxylic acid groups (broad SMARTS) is 1. The molecule has 1 heterocycles. The van der Waals surface area contributed by atoms with Crippen molar-refractivity contribution in [2.75, 3.05) is 0 Å². The Balaban J connectivity index is 1.96. The fourth-order valence-corrected chi connectivity index (χ4v) is 2.89. The van der Waals surface area contributed by atoms with E-state index in [9.17, 15) is 4.79 Å². The van der Waals surface area contributed by atoms with E-state index in [1.54, 1.807) is 4.68 Å². The third-order valence-electron chi connectivity index (χ3n) is 3.28. The maximum absolute atomic E-state index is 11.2. The zero-order chi connectivity index (χ0) is 14.3. The molecule has 1 fully saturated rings. The van der Waals surface area contributed by atoms with Crippen molar-refractivity contribution >= 4 is 33.5 Å². The molecule has 0 atom stereocenters. The molecule has 1 saturated carbocycles. The summed E-state index contributed by atoms with van der Waals surface area (Å²) in [7, 11) is 0. The quantitative estimate of drug-likeness (QED) is 0.912. The molecular weight excluding hydrogens is 346 g/mol. The van der Waals surface area contributed by atoms with Crippen molar-refractivity contribution in [3.8, 4) is 0 Å². The second-order valence-corrected chi connectivity index (χ2v) is 6.12. The second-order valence-electron chi connectivity index (χ2n) is 4.80. The fraction of sp³-hybridized carbons (Fsp3) is 0.308. The number of aromatic carboxylic acids is 1. The van der Waals surface area contributed by atoms with E-state index < -0.39 is 5.97 Å². The summed E-state index contributed by atoms with van der Waals surface area (Å²) < 4.78 is 2.55. The van der Waals surface area contributed by atoms with Crippen molar-refractivity contribution in [3.63, 3.8) is 0 Å². The lowest BCUT2D eigenvalue weighted by Gasteiger charge is -2.08. The van der Waals surface area contributed by atoms with E-state index in [2.05, 4.69) is 26.2 Å². The fourth-order valence-electron chi connectivity index (χ4n) is 2.16. The van der Waals surface area contributed by atoms with E-state index in [1.165, 1.54) is 0 Å². The lowest BCUT2D eigenvalue weighted by molar-refractivity contribution is 0.0689. The lowest BCUT2D eigenvalue weighted by Crippen LogP contribution is -2.08. The van der Waals surface area contributed by atoms with Gasteiger partial charge in [-0.2, -0.15) is 0 Å². The zero-order valence-electron chi connectivity index (χ0n) is 10.4. The van der Waals surface area contributed by atoms with Crippen LogP contribution in [0, 0.1) is 0 Å². The first-order chi connectivity index (χ1) is 9.56. The highest BCUT2D eigenvalue weighted by atomic mass is 79.9. The molecule has 1 aromatic heterocycles. The van der Waals surface area contributed by atoms with Crippen LogP contribution in [0.1, 0.15) is 40.5 Å². The van der Waals surface area contributed by atoms with Gasteiger partial charge in [0, 0.05) is 15.4 Å². The van der Waals surface area contributed by atoms with Gasteiger partial charge in [0.25, 0.3) is 0 Å². The summed E-state index contributed by atoms with van der Waals surface area (Å²) in [5, 5.41) is 17.5. The molecule has 0 aliphatic heterocycles. The Labute approximate surface area is 128 Å². The van der Waals surface area contributed by atoms with Gasteiger partial charge < -0.3 is 5.11 Å². The number of hydrogen-bond acceptors (Lipinski definition) is 3. The maximum atomic E-state index is 11.2. The van der Waals surface area contributed by atoms with Crippen LogP contribution >= 0.6 is 27.5 Å². The van der Waals surface area contributed by atoms with E-state index >= 15 is 0 Å². The number of nitrogens with zero attached hydrogens (tertiary/aromatic N) is 3. The summed E-state index contributed by atoms with van der Waals surface area (Å²) in [6, 6.07) is 5.60. The molecule has 2 aromatic rings. The molecule has 7 heteroatoms. The van der Waals surface area contributed by atoms with Crippen LogP contribution in [-0.4, -0.2) is 26.1 Å². The number of carbonyl (C=O) groups is 1. The Morgan fingerprint density at radius 2 is 2.25 bits per heavy atom. The second kappa shape index (κ2) is 5.18. The van der Waals surface area contributed by atoms with Crippen molar-refractivity contribution in [1.82, 2.24) is 15.0 Å². The van der Waals surface area contributed by atoms with Crippen LogP contribution in [0.2, 0.25) is 5.02 Å². The normalized spacial score (nSPS) is 14.5. The monoisotopic (exact) mass is 355 g/mol. The topological polar surface area (TPSA) is 68.0 Å². The van der Waals surface area contributed by atoms with Crippen molar-refractivity contribution in [2.24, 2.45) is 0 Å². The van der Waals surface area contributed by atoms with Gasteiger partial charge in [-0.3, -0.25) is 0 Å². The Morgan fingerprint density at radius 3 is 2.85 bits per heavy atom. The number of carboxylic acids is 1. The number of benzene rings is 1. The van der Waals surface area contributed by atoms with Crippen molar-refractivity contribution in [3.05, 3.63) is 44.6 Å². The molecule has 3 rings (SSSR count). The van der Waals surface area contributed by atoms with Gasteiger partial charge in [-0.1, -0.05) is 38.8 Å². The first-order valence-electron chi connectivity index (χ1n) is 6.17. The summed E-state index contributed by atoms with van der Waals surface area (Å²) in [6.07, 6.45) is 1.98. The minimum atomic E-state index is -1.03. The molecule has 0 amide bonds. The van der Waals surface area contributed by atoms with E-state index in [1.807, 2.05) is 18.2 Å². The molecule has 0 spiro atoms. The molecule has 0 radical (unpaired) electrons. The first kappa shape index (κ1) is 13.6. The van der Waals surface area contributed by atoms with Crippen LogP contribution in [-0.2, 0) is 6.54 Å². The van der Waals surface area contributed by atoms with Gasteiger partial charge in [0.15, 0.2) is 5.69 Å². The molecule has 1 N–H and O–H groups in total. The smallest absolute Gasteiger partial charge is 0.358 e. The Hall–Kier alpha value is -1.40. The Kier molecular flexibility index (Phi) is 3.52. The third kappa shape index (κ3) is 2.58. The summed E-state index contributed by atoms with van der Waals surface area (Å²) in [4.78, 5) is 11.2. The molecule has 0 bridgehead atoms. The van der Waals surface area contributed by atoms with Crippen LogP contribution in [0.5, 0.6) is 0 Å². The predicted octanol–water partition coefficient (Wildman–Crippen LogP) is 3.32. The van der Waals surface area contributed by atoms with E-state index in [0.29, 0.717) is 17.3 Å². The standard InChI is InChI=1S/C13H11BrClN3O2/c14-9-4-3-8(10(15)5-9)6-18-12(7-1-2-7)11(13(19)20)16-17-18/h3-5,7H,1-2,6H2,(H,19,20). The highest BCUT2D eigenvalue weighted by molar-refractivity contribution is 9.10. The molecule has 1 aliphatic rings. The average Bonchev–Trinajstić information content (AvgIpc) is 3.13. The maximum Gasteiger partial charge on any atom is 0.358 e. The minimum Gasteiger partial charge on any atom is -0.476 e. The van der Waals surface area contributed by atoms with Crippen molar-refractivity contribution < 1.29 is 9.90 Å². The summed E-state index contributed by atoms with van der Waals surface area (Å²) in [5.41, 5.74) is 1.65. The van der Waals surface area contributed by atoms with Crippen LogP contribution in [0.4, 0.5) is 0 Å². The van der Waals surface area contributed by atoms with Crippen LogP contribution in [0.3, 0.4) is 0 Å². The van der Waals surface area contributed by atoms with Gasteiger partial charge in [0.2, 0.25) is 0 Å². The minimum absolute atomic E-state index is 0.0562. The number of aromatic nitrogens is 3. The highest BCUT2D eigenvalue weighted by Crippen LogP contribution is 2.41. The van der Waals surface area contributed by atoms with Crippen molar-refractivity contribution in [2.45, 2.75) is 25.3 Å². The molecule has 1 aliphatic carbocycles. The molecule has 104 valence electrons. The van der Waals surface area contributed by atoms with Gasteiger partial charge in [-0.15, -0.1) is 5.10 Å². The van der Waals surface area contributed by atoms with Gasteiger partial charge in [0.05, 0.1) is 12.2 Å². The summed E-state index contributed by atoms with van der Waals surface area (Å²) in [6.45, 7) is 0.429. The van der Waals surface area contributed by atoms with Crippen LogP contribution < -0.4 is 0 Å². The Bertz CT molecular complexity index is 682. The third-order valence-corrected chi connectivity index (χ3v) is 4.12.